The summed E-state index contributed by atoms with van der Waals surface area (Å²) < 4.78 is 41.2. The number of likely N-dealkylation sites (tertiary alicyclic amines) is 1. The van der Waals surface area contributed by atoms with E-state index in [9.17, 15) is 18.7 Å². The molecule has 0 spiro atoms. The number of hydrogen-bond acceptors (Lipinski definition) is 8. The Balaban J connectivity index is 1.17. The van der Waals surface area contributed by atoms with Gasteiger partial charge in [0.05, 0.1) is 23.2 Å². The molecule has 0 amide bonds. The lowest BCUT2D eigenvalue weighted by atomic mass is 10.1. The molecule has 5 rings (SSSR count). The Morgan fingerprint density at radius 2 is 1.97 bits per heavy atom. The number of aromatic carboxylic acids is 1. The van der Waals surface area contributed by atoms with E-state index in [0.29, 0.717) is 29.6 Å². The molecule has 1 N–H and O–H groups in total. The molecule has 0 atom stereocenters. The fourth-order valence-corrected chi connectivity index (χ4v) is 4.49. The Morgan fingerprint density at radius 3 is 2.72 bits per heavy atom. The van der Waals surface area contributed by atoms with Crippen LogP contribution in [-0.2, 0) is 20.2 Å². The van der Waals surface area contributed by atoms with Crippen LogP contribution in [0.3, 0.4) is 0 Å². The van der Waals surface area contributed by atoms with Gasteiger partial charge >= 0.3 is 5.97 Å². The molecule has 2 aromatic heterocycles. The molecule has 0 bridgehead atoms. The predicted molar refractivity (Wildman–Crippen MR) is 134 cm³/mol. The molecule has 1 fully saturated rings. The maximum absolute atomic E-state index is 14.4. The molecule has 10 nitrogen and oxygen atoms in total. The summed E-state index contributed by atoms with van der Waals surface area (Å²) in [4.78, 5) is 26.4. The van der Waals surface area contributed by atoms with Crippen LogP contribution in [0.15, 0.2) is 42.6 Å². The van der Waals surface area contributed by atoms with E-state index in [-0.39, 0.29) is 35.1 Å². The van der Waals surface area contributed by atoms with Crippen LogP contribution in [0.4, 0.5) is 8.78 Å². The number of ether oxygens (including phenoxy) is 2. The van der Waals surface area contributed by atoms with Gasteiger partial charge in [-0.25, -0.2) is 23.5 Å². The Morgan fingerprint density at radius 1 is 1.18 bits per heavy atom. The highest BCUT2D eigenvalue weighted by molar-refractivity contribution is 5.92. The number of rotatable bonds is 8. The minimum atomic E-state index is -1.19. The van der Waals surface area contributed by atoms with Crippen molar-refractivity contribution in [3.05, 3.63) is 77.0 Å². The fourth-order valence-electron chi connectivity index (χ4n) is 4.49. The van der Waals surface area contributed by atoms with Crippen molar-refractivity contribution in [3.8, 4) is 17.7 Å². The van der Waals surface area contributed by atoms with E-state index < -0.39 is 17.6 Å². The molecule has 12 heteroatoms. The van der Waals surface area contributed by atoms with Crippen LogP contribution in [0.25, 0.3) is 11.0 Å². The number of carboxylic acid groups (broad SMARTS) is 1. The van der Waals surface area contributed by atoms with Gasteiger partial charge in [-0.3, -0.25) is 4.90 Å². The second-order valence-electron chi connectivity index (χ2n) is 9.16. The van der Waals surface area contributed by atoms with E-state index in [1.54, 1.807) is 23.9 Å². The van der Waals surface area contributed by atoms with E-state index in [0.717, 1.165) is 38.1 Å². The minimum Gasteiger partial charge on any atom is -0.484 e. The molecule has 1 aliphatic heterocycles. The van der Waals surface area contributed by atoms with Gasteiger partial charge in [0.1, 0.15) is 41.7 Å². The van der Waals surface area contributed by atoms with E-state index in [4.69, 9.17) is 14.7 Å². The number of benzene rings is 2. The van der Waals surface area contributed by atoms with Gasteiger partial charge in [0, 0.05) is 32.4 Å². The Hall–Kier alpha value is -4.63. The number of aryl methyl sites for hydroxylation is 1. The molecule has 39 heavy (non-hydrogen) atoms. The Labute approximate surface area is 222 Å². The normalized spacial score (nSPS) is 14.3. The van der Waals surface area contributed by atoms with Crippen LogP contribution >= 0.6 is 0 Å². The summed E-state index contributed by atoms with van der Waals surface area (Å²) in [5.41, 5.74) is 0.562. The molecule has 4 aromatic rings. The molecule has 1 saturated heterocycles. The second-order valence-corrected chi connectivity index (χ2v) is 9.16. The highest BCUT2D eigenvalue weighted by atomic mass is 19.1. The number of imidazole rings is 1. The van der Waals surface area contributed by atoms with Gasteiger partial charge in [-0.2, -0.15) is 10.2 Å². The third-order valence-electron chi connectivity index (χ3n) is 6.57. The molecule has 0 radical (unpaired) electrons. The zero-order valence-electron chi connectivity index (χ0n) is 21.0. The summed E-state index contributed by atoms with van der Waals surface area (Å²) in [6, 6.07) is 9.68. The highest BCUT2D eigenvalue weighted by Gasteiger charge is 2.23. The molecule has 0 saturated carbocycles. The number of nitrogens with zero attached hydrogens (tertiary/aromatic N) is 6. The van der Waals surface area contributed by atoms with E-state index >= 15 is 0 Å². The number of hydrogen-bond donors (Lipinski definition) is 1. The van der Waals surface area contributed by atoms with Gasteiger partial charge in [0.2, 0.25) is 5.88 Å². The Kier molecular flexibility index (Phi) is 7.33. The third kappa shape index (κ3) is 5.78. The Bertz CT molecular complexity index is 1580. The molecule has 200 valence electrons. The largest absolute Gasteiger partial charge is 0.484 e. The smallest absolute Gasteiger partial charge is 0.335 e. The summed E-state index contributed by atoms with van der Waals surface area (Å²) in [6.45, 7) is 1.92. The molecule has 3 heterocycles. The van der Waals surface area contributed by atoms with Crippen molar-refractivity contribution in [3.63, 3.8) is 0 Å². The van der Waals surface area contributed by atoms with Gasteiger partial charge in [-0.1, -0.05) is 0 Å². The van der Waals surface area contributed by atoms with E-state index in [2.05, 4.69) is 19.9 Å². The maximum Gasteiger partial charge on any atom is 0.335 e. The first-order valence-electron chi connectivity index (χ1n) is 12.2. The van der Waals surface area contributed by atoms with Crippen LogP contribution in [0.2, 0.25) is 0 Å². The fraction of sp³-hybridized carbons (Fsp3) is 0.296. The van der Waals surface area contributed by atoms with Crippen molar-refractivity contribution in [1.29, 1.82) is 5.26 Å². The second kappa shape index (κ2) is 11.0. The average molecular weight is 535 g/mol. The number of piperidine rings is 1. The predicted octanol–water partition coefficient (Wildman–Crippen LogP) is 3.83. The molecular formula is C27H24F2N6O4. The third-order valence-corrected chi connectivity index (χ3v) is 6.57. The first-order valence-corrected chi connectivity index (χ1v) is 12.2. The summed E-state index contributed by atoms with van der Waals surface area (Å²) in [5, 5.41) is 18.4. The standard InChI is InChI=1S/C27H24F2N6O4/c1-34-21-12-16(27(36)37)11-20(29)26(21)33-24(34)14-35-8-5-19(6-9-35)39-25-4-7-31-23(32-25)15-38-22-3-2-18(28)10-17(22)13-30/h2-4,7,10-12,19H,5-6,8-9,14-15H2,1H3,(H,36,37). The van der Waals surface area contributed by atoms with Gasteiger partial charge in [0.15, 0.2) is 11.6 Å². The highest BCUT2D eigenvalue weighted by Crippen LogP contribution is 2.24. The lowest BCUT2D eigenvalue weighted by Gasteiger charge is -2.31. The number of fused-ring (bicyclic) bond motifs is 1. The summed E-state index contributed by atoms with van der Waals surface area (Å²) >= 11 is 0. The number of nitriles is 1. The molecule has 0 unspecified atom stereocenters. The topological polar surface area (TPSA) is 126 Å². The van der Waals surface area contributed by atoms with Crippen molar-refractivity contribution in [1.82, 2.24) is 24.4 Å². The van der Waals surface area contributed by atoms with E-state index in [1.807, 2.05) is 6.07 Å². The van der Waals surface area contributed by atoms with Crippen LogP contribution in [0, 0.1) is 23.0 Å². The number of halogens is 2. The summed E-state index contributed by atoms with van der Waals surface area (Å²) in [6.07, 6.45) is 2.96. The van der Waals surface area contributed by atoms with Crippen LogP contribution in [0.5, 0.6) is 11.6 Å². The average Bonchev–Trinajstić information content (AvgIpc) is 3.24. The van der Waals surface area contributed by atoms with Crippen LogP contribution in [-0.4, -0.2) is 54.7 Å². The van der Waals surface area contributed by atoms with Crippen molar-refractivity contribution in [2.24, 2.45) is 7.05 Å². The zero-order valence-corrected chi connectivity index (χ0v) is 21.0. The van der Waals surface area contributed by atoms with E-state index in [1.165, 1.54) is 18.2 Å². The van der Waals surface area contributed by atoms with Gasteiger partial charge in [0.25, 0.3) is 0 Å². The molecule has 2 aromatic carbocycles. The first kappa shape index (κ1) is 26.0. The lowest BCUT2D eigenvalue weighted by molar-refractivity contribution is 0.0696. The molecule has 1 aliphatic rings. The van der Waals surface area contributed by atoms with Crippen LogP contribution < -0.4 is 9.47 Å². The lowest BCUT2D eigenvalue weighted by Crippen LogP contribution is -2.38. The number of carbonyl (C=O) groups is 1. The monoisotopic (exact) mass is 534 g/mol. The van der Waals surface area contributed by atoms with Crippen molar-refractivity contribution < 1.29 is 28.2 Å². The van der Waals surface area contributed by atoms with Gasteiger partial charge < -0.3 is 19.1 Å². The number of carboxylic acids is 1. The van der Waals surface area contributed by atoms with Crippen molar-refractivity contribution in [2.45, 2.75) is 32.1 Å². The molecular weight excluding hydrogens is 510 g/mol. The quantitative estimate of drug-likeness (QED) is 0.359. The zero-order chi connectivity index (χ0) is 27.5. The van der Waals surface area contributed by atoms with Gasteiger partial charge in [-0.15, -0.1) is 0 Å². The first-order chi connectivity index (χ1) is 18.8. The summed E-state index contributed by atoms with van der Waals surface area (Å²) in [5.74, 6) is -0.714. The van der Waals surface area contributed by atoms with Crippen molar-refractivity contribution >= 4 is 17.0 Å². The number of aromatic nitrogens is 4. The molecule has 0 aliphatic carbocycles. The minimum absolute atomic E-state index is 0.0114. The van der Waals surface area contributed by atoms with Crippen LogP contribution in [0.1, 0.15) is 40.4 Å². The maximum atomic E-state index is 14.4. The summed E-state index contributed by atoms with van der Waals surface area (Å²) in [7, 11) is 1.75. The van der Waals surface area contributed by atoms with Crippen molar-refractivity contribution in [2.75, 3.05) is 13.1 Å². The van der Waals surface area contributed by atoms with Gasteiger partial charge in [-0.05, 0) is 43.2 Å². The SMILES string of the molecule is Cn1c(CN2CCC(Oc3ccnc(COc4ccc(F)cc4C#N)n3)CC2)nc2c(F)cc(C(=O)O)cc21.